The van der Waals surface area contributed by atoms with Crippen LogP contribution in [0.4, 0.5) is 0 Å². The van der Waals surface area contributed by atoms with Gasteiger partial charge in [0, 0.05) is 29.4 Å². The van der Waals surface area contributed by atoms with Gasteiger partial charge in [-0.2, -0.15) is 0 Å². The van der Waals surface area contributed by atoms with Gasteiger partial charge in [-0.25, -0.2) is 0 Å². The van der Waals surface area contributed by atoms with Gasteiger partial charge in [-0.3, -0.25) is 9.78 Å². The molecule has 0 unspecified atom stereocenters. The first-order valence-corrected chi connectivity index (χ1v) is 9.67. The van der Waals surface area contributed by atoms with Crippen LogP contribution < -0.4 is 5.32 Å². The Labute approximate surface area is 154 Å². The van der Waals surface area contributed by atoms with Crippen LogP contribution in [0.25, 0.3) is 10.9 Å². The first-order valence-electron chi connectivity index (χ1n) is 8.06. The zero-order valence-electron chi connectivity index (χ0n) is 13.3. The second-order valence-electron chi connectivity index (χ2n) is 5.65. The highest BCUT2D eigenvalue weighted by atomic mass is 79.9. The van der Waals surface area contributed by atoms with E-state index in [-0.39, 0.29) is 5.91 Å². The summed E-state index contributed by atoms with van der Waals surface area (Å²) in [6, 6.07) is 14.4. The molecule has 24 heavy (non-hydrogen) atoms. The van der Waals surface area contributed by atoms with Crippen molar-refractivity contribution in [2.45, 2.75) is 25.7 Å². The summed E-state index contributed by atoms with van der Waals surface area (Å²) in [5.74, 6) is 0.124. The van der Waals surface area contributed by atoms with Crippen LogP contribution in [0.2, 0.25) is 0 Å². The standard InChI is InChI=1S/C19H19BrN2OS/c20-17-10-9-16(24-17)7-2-8-18(23)21-13-11-15-5-1-4-14-6-3-12-22-19(14)15/h1,3-6,9-10,12H,2,7-8,11,13H2,(H,21,23). The average Bonchev–Trinajstić information content (AvgIpc) is 3.00. The fraction of sp³-hybridized carbons (Fsp3) is 0.263. The lowest BCUT2D eigenvalue weighted by molar-refractivity contribution is -0.121. The minimum Gasteiger partial charge on any atom is -0.356 e. The molecular formula is C19H19BrN2OS. The molecule has 2 aromatic heterocycles. The van der Waals surface area contributed by atoms with Gasteiger partial charge in [-0.15, -0.1) is 11.3 Å². The fourth-order valence-electron chi connectivity index (χ4n) is 2.70. The maximum absolute atomic E-state index is 12.0. The molecular weight excluding hydrogens is 384 g/mol. The van der Waals surface area contributed by atoms with E-state index in [1.54, 1.807) is 11.3 Å². The average molecular weight is 403 g/mol. The number of para-hydroxylation sites is 1. The van der Waals surface area contributed by atoms with Crippen molar-refractivity contribution in [1.29, 1.82) is 0 Å². The molecule has 2 heterocycles. The highest BCUT2D eigenvalue weighted by Crippen LogP contribution is 2.23. The van der Waals surface area contributed by atoms with Crippen molar-refractivity contribution in [3.63, 3.8) is 0 Å². The molecule has 3 rings (SSSR count). The van der Waals surface area contributed by atoms with Crippen molar-refractivity contribution in [1.82, 2.24) is 10.3 Å². The lowest BCUT2D eigenvalue weighted by Crippen LogP contribution is -2.25. The maximum Gasteiger partial charge on any atom is 0.220 e. The Morgan fingerprint density at radius 3 is 2.83 bits per heavy atom. The summed E-state index contributed by atoms with van der Waals surface area (Å²) in [6.07, 6.45) is 5.03. The highest BCUT2D eigenvalue weighted by Gasteiger charge is 2.05. The maximum atomic E-state index is 12.0. The van der Waals surface area contributed by atoms with E-state index < -0.39 is 0 Å². The van der Waals surface area contributed by atoms with Crippen molar-refractivity contribution in [3.05, 3.63) is 62.9 Å². The molecule has 3 aromatic rings. The van der Waals surface area contributed by atoms with Crippen molar-refractivity contribution in [3.8, 4) is 0 Å². The number of halogens is 1. The number of nitrogens with zero attached hydrogens (tertiary/aromatic N) is 1. The number of rotatable bonds is 7. The molecule has 1 amide bonds. The van der Waals surface area contributed by atoms with E-state index in [1.165, 1.54) is 10.4 Å². The molecule has 0 aliphatic rings. The monoisotopic (exact) mass is 402 g/mol. The number of carbonyl (C=O) groups excluding carboxylic acids is 1. The quantitative estimate of drug-likeness (QED) is 0.619. The van der Waals surface area contributed by atoms with E-state index in [0.717, 1.165) is 34.0 Å². The second kappa shape index (κ2) is 8.40. The molecule has 0 saturated carbocycles. The van der Waals surface area contributed by atoms with E-state index in [4.69, 9.17) is 0 Å². The molecule has 5 heteroatoms. The van der Waals surface area contributed by atoms with Gasteiger partial charge in [-0.1, -0.05) is 24.3 Å². The largest absolute Gasteiger partial charge is 0.356 e. The number of hydrogen-bond acceptors (Lipinski definition) is 3. The van der Waals surface area contributed by atoms with Gasteiger partial charge < -0.3 is 5.32 Å². The zero-order chi connectivity index (χ0) is 16.8. The molecule has 0 aliphatic heterocycles. The number of thiophene rings is 1. The smallest absolute Gasteiger partial charge is 0.220 e. The van der Waals surface area contributed by atoms with Crippen LogP contribution in [-0.2, 0) is 17.6 Å². The van der Waals surface area contributed by atoms with E-state index in [1.807, 2.05) is 18.3 Å². The molecule has 124 valence electrons. The summed E-state index contributed by atoms with van der Waals surface area (Å²) in [5.41, 5.74) is 2.20. The van der Waals surface area contributed by atoms with Crippen LogP contribution in [0.15, 0.2) is 52.4 Å². The highest BCUT2D eigenvalue weighted by molar-refractivity contribution is 9.11. The van der Waals surface area contributed by atoms with Gasteiger partial charge in [0.25, 0.3) is 0 Å². The van der Waals surface area contributed by atoms with Gasteiger partial charge in [0.05, 0.1) is 9.30 Å². The number of amides is 1. The van der Waals surface area contributed by atoms with Crippen LogP contribution in [0.3, 0.4) is 0 Å². The molecule has 0 aliphatic carbocycles. The Hall–Kier alpha value is -1.72. The molecule has 0 saturated heterocycles. The van der Waals surface area contributed by atoms with Crippen molar-refractivity contribution in [2.75, 3.05) is 6.54 Å². The Balaban J connectivity index is 1.43. The van der Waals surface area contributed by atoms with Crippen LogP contribution >= 0.6 is 27.3 Å². The fourth-order valence-corrected chi connectivity index (χ4v) is 4.23. The van der Waals surface area contributed by atoms with Crippen molar-refractivity contribution in [2.24, 2.45) is 0 Å². The second-order valence-corrected chi connectivity index (χ2v) is 8.20. The number of aromatic nitrogens is 1. The molecule has 1 N–H and O–H groups in total. The van der Waals surface area contributed by atoms with Gasteiger partial charge in [0.1, 0.15) is 0 Å². The predicted molar refractivity (Wildman–Crippen MR) is 103 cm³/mol. The van der Waals surface area contributed by atoms with E-state index in [9.17, 15) is 4.79 Å². The summed E-state index contributed by atoms with van der Waals surface area (Å²) < 4.78 is 1.14. The summed E-state index contributed by atoms with van der Waals surface area (Å²) in [5, 5.41) is 4.16. The van der Waals surface area contributed by atoms with Gasteiger partial charge in [0.2, 0.25) is 5.91 Å². The zero-order valence-corrected chi connectivity index (χ0v) is 15.7. The van der Waals surface area contributed by atoms with Crippen LogP contribution in [-0.4, -0.2) is 17.4 Å². The van der Waals surface area contributed by atoms with E-state index in [2.05, 4.69) is 56.6 Å². The number of pyridine rings is 1. The first kappa shape index (κ1) is 17.1. The predicted octanol–water partition coefficient (Wildman–Crippen LogP) is 4.74. The molecule has 1 aromatic carbocycles. The molecule has 0 spiro atoms. The Kier molecular flexibility index (Phi) is 5.99. The third-order valence-corrected chi connectivity index (χ3v) is 5.57. The van der Waals surface area contributed by atoms with Crippen LogP contribution in [0, 0.1) is 0 Å². The molecule has 3 nitrogen and oxygen atoms in total. The SMILES string of the molecule is O=C(CCCc1ccc(Br)s1)NCCc1cccc2cccnc12. The summed E-state index contributed by atoms with van der Waals surface area (Å²) in [6.45, 7) is 0.652. The van der Waals surface area contributed by atoms with E-state index in [0.29, 0.717) is 13.0 Å². The number of nitrogens with one attached hydrogen (secondary N) is 1. The topological polar surface area (TPSA) is 42.0 Å². The molecule has 0 bridgehead atoms. The summed E-state index contributed by atoms with van der Waals surface area (Å²) in [4.78, 5) is 17.7. The molecule has 0 radical (unpaired) electrons. The van der Waals surface area contributed by atoms with Crippen molar-refractivity contribution >= 4 is 44.1 Å². The van der Waals surface area contributed by atoms with Gasteiger partial charge in [-0.05, 0) is 59.0 Å². The molecule has 0 fully saturated rings. The third-order valence-electron chi connectivity index (χ3n) is 3.89. The number of benzene rings is 1. The lowest BCUT2D eigenvalue weighted by atomic mass is 10.1. The summed E-state index contributed by atoms with van der Waals surface area (Å²) >= 11 is 5.19. The van der Waals surface area contributed by atoms with Crippen LogP contribution in [0.1, 0.15) is 23.3 Å². The lowest BCUT2D eigenvalue weighted by Gasteiger charge is -2.07. The minimum absolute atomic E-state index is 0.124. The third kappa shape index (κ3) is 4.65. The summed E-state index contributed by atoms with van der Waals surface area (Å²) in [7, 11) is 0. The normalized spacial score (nSPS) is 10.9. The number of hydrogen-bond donors (Lipinski definition) is 1. The van der Waals surface area contributed by atoms with E-state index >= 15 is 0 Å². The number of carbonyl (C=O) groups is 1. The minimum atomic E-state index is 0.124. The number of fused-ring (bicyclic) bond motifs is 1. The van der Waals surface area contributed by atoms with Gasteiger partial charge in [0.15, 0.2) is 0 Å². The molecule has 0 atom stereocenters. The number of aryl methyl sites for hydroxylation is 1. The Bertz CT molecular complexity index is 826. The Morgan fingerprint density at radius 1 is 1.12 bits per heavy atom. The van der Waals surface area contributed by atoms with Gasteiger partial charge >= 0.3 is 0 Å². The Morgan fingerprint density at radius 2 is 2.00 bits per heavy atom. The van der Waals surface area contributed by atoms with Crippen LogP contribution in [0.5, 0.6) is 0 Å². The first-order chi connectivity index (χ1) is 11.7. The van der Waals surface area contributed by atoms with Crippen molar-refractivity contribution < 1.29 is 4.79 Å².